The third kappa shape index (κ3) is 3.62. The van der Waals surface area contributed by atoms with Gasteiger partial charge in [0.15, 0.2) is 0 Å². The molecule has 2 aromatic rings. The first-order chi connectivity index (χ1) is 11.7. The molecule has 1 saturated heterocycles. The van der Waals surface area contributed by atoms with E-state index in [1.165, 1.54) is 5.56 Å². The summed E-state index contributed by atoms with van der Waals surface area (Å²) in [7, 11) is 1.69. The van der Waals surface area contributed by atoms with Crippen LogP contribution in [0.1, 0.15) is 5.56 Å². The van der Waals surface area contributed by atoms with Gasteiger partial charge >= 0.3 is 6.03 Å². The van der Waals surface area contributed by atoms with Crippen LogP contribution in [0, 0.1) is 6.92 Å². The molecule has 0 unspecified atom stereocenters. The van der Waals surface area contributed by atoms with Crippen LogP contribution in [-0.4, -0.2) is 44.2 Å². The van der Waals surface area contributed by atoms with Crippen LogP contribution in [-0.2, 0) is 0 Å². The normalized spacial score (nSPS) is 14.4. The number of amides is 2. The molecule has 0 aliphatic carbocycles. The molecule has 0 saturated carbocycles. The Hall–Kier alpha value is -2.69. The van der Waals surface area contributed by atoms with E-state index in [0.29, 0.717) is 13.1 Å². The molecule has 0 bridgehead atoms. The van der Waals surface area contributed by atoms with E-state index >= 15 is 0 Å². The Balaban J connectivity index is 1.62. The molecule has 126 valence electrons. The van der Waals surface area contributed by atoms with E-state index in [1.807, 2.05) is 47.4 Å². The second-order valence-corrected chi connectivity index (χ2v) is 5.95. The Kier molecular flexibility index (Phi) is 4.89. The fourth-order valence-corrected chi connectivity index (χ4v) is 2.92. The number of urea groups is 1. The maximum Gasteiger partial charge on any atom is 0.321 e. The number of ether oxygens (including phenoxy) is 1. The molecule has 1 N–H and O–H groups in total. The lowest BCUT2D eigenvalue weighted by Crippen LogP contribution is -2.50. The van der Waals surface area contributed by atoms with Gasteiger partial charge in [-0.2, -0.15) is 0 Å². The standard InChI is InChI=1S/C19H23N3O2/c1-15-8-9-18(24-2)17(14-15)21-10-12-22(13-11-21)19(23)20-16-6-4-3-5-7-16/h3-9,14H,10-13H2,1-2H3,(H,20,23). The van der Waals surface area contributed by atoms with Crippen LogP contribution in [0.3, 0.4) is 0 Å². The van der Waals surface area contributed by atoms with E-state index in [4.69, 9.17) is 4.74 Å². The van der Waals surface area contributed by atoms with Gasteiger partial charge in [-0.25, -0.2) is 4.79 Å². The summed E-state index contributed by atoms with van der Waals surface area (Å²) >= 11 is 0. The van der Waals surface area contributed by atoms with Crippen LogP contribution in [0.4, 0.5) is 16.2 Å². The number of methoxy groups -OCH3 is 1. The first-order valence-electron chi connectivity index (χ1n) is 8.18. The van der Waals surface area contributed by atoms with Crippen molar-refractivity contribution in [1.29, 1.82) is 0 Å². The predicted molar refractivity (Wildman–Crippen MR) is 97.0 cm³/mol. The van der Waals surface area contributed by atoms with Crippen molar-refractivity contribution in [2.24, 2.45) is 0 Å². The number of carbonyl (C=O) groups is 1. The molecule has 1 fully saturated rings. The molecule has 5 nitrogen and oxygen atoms in total. The summed E-state index contributed by atoms with van der Waals surface area (Å²) in [6.45, 7) is 5.04. The highest BCUT2D eigenvalue weighted by Gasteiger charge is 2.23. The number of aryl methyl sites for hydroxylation is 1. The molecule has 0 atom stereocenters. The van der Waals surface area contributed by atoms with Crippen molar-refractivity contribution in [3.8, 4) is 5.75 Å². The number of anilines is 2. The predicted octanol–water partition coefficient (Wildman–Crippen LogP) is 3.36. The second kappa shape index (κ2) is 7.25. The van der Waals surface area contributed by atoms with Crippen molar-refractivity contribution in [2.75, 3.05) is 43.5 Å². The van der Waals surface area contributed by atoms with E-state index < -0.39 is 0 Å². The first kappa shape index (κ1) is 16.2. The molecule has 2 aromatic carbocycles. The van der Waals surface area contributed by atoms with Crippen LogP contribution in [0.15, 0.2) is 48.5 Å². The van der Waals surface area contributed by atoms with Crippen molar-refractivity contribution in [2.45, 2.75) is 6.92 Å². The number of hydrogen-bond donors (Lipinski definition) is 1. The number of nitrogens with one attached hydrogen (secondary N) is 1. The third-order valence-corrected chi connectivity index (χ3v) is 4.27. The fourth-order valence-electron chi connectivity index (χ4n) is 2.92. The average molecular weight is 325 g/mol. The van der Waals surface area contributed by atoms with E-state index in [2.05, 4.69) is 23.2 Å². The van der Waals surface area contributed by atoms with Gasteiger partial charge in [0.05, 0.1) is 12.8 Å². The summed E-state index contributed by atoms with van der Waals surface area (Å²) in [6.07, 6.45) is 0. The van der Waals surface area contributed by atoms with Gasteiger partial charge < -0.3 is 19.9 Å². The quantitative estimate of drug-likeness (QED) is 0.941. The smallest absolute Gasteiger partial charge is 0.321 e. The van der Waals surface area contributed by atoms with Crippen LogP contribution < -0.4 is 15.0 Å². The van der Waals surface area contributed by atoms with E-state index in [-0.39, 0.29) is 6.03 Å². The molecule has 3 rings (SSSR count). The van der Waals surface area contributed by atoms with E-state index in [0.717, 1.165) is 30.2 Å². The summed E-state index contributed by atoms with van der Waals surface area (Å²) in [5.41, 5.74) is 3.13. The van der Waals surface area contributed by atoms with Gasteiger partial charge in [-0.15, -0.1) is 0 Å². The molecule has 1 aliphatic heterocycles. The first-order valence-corrected chi connectivity index (χ1v) is 8.18. The highest BCUT2D eigenvalue weighted by molar-refractivity contribution is 5.89. The third-order valence-electron chi connectivity index (χ3n) is 4.27. The van der Waals surface area contributed by atoms with Gasteiger partial charge in [0.2, 0.25) is 0 Å². The Bertz CT molecular complexity index is 695. The summed E-state index contributed by atoms with van der Waals surface area (Å²) in [4.78, 5) is 16.5. The van der Waals surface area contributed by atoms with Gasteiger partial charge in [-0.05, 0) is 36.8 Å². The molecule has 1 aliphatic rings. The second-order valence-electron chi connectivity index (χ2n) is 5.95. The lowest BCUT2D eigenvalue weighted by molar-refractivity contribution is 0.208. The Labute approximate surface area is 142 Å². The number of carbonyl (C=O) groups excluding carboxylic acids is 1. The van der Waals surface area contributed by atoms with Gasteiger partial charge in [0.1, 0.15) is 5.75 Å². The van der Waals surface area contributed by atoms with Gasteiger partial charge in [0, 0.05) is 31.9 Å². The summed E-state index contributed by atoms with van der Waals surface area (Å²) in [5, 5.41) is 2.94. The minimum absolute atomic E-state index is 0.0444. The molecule has 0 radical (unpaired) electrons. The minimum atomic E-state index is -0.0444. The maximum atomic E-state index is 12.4. The maximum absolute atomic E-state index is 12.4. The molecule has 0 spiro atoms. The molecular weight excluding hydrogens is 302 g/mol. The molecule has 5 heteroatoms. The number of para-hydroxylation sites is 1. The van der Waals surface area contributed by atoms with Crippen LogP contribution in [0.25, 0.3) is 0 Å². The van der Waals surface area contributed by atoms with Crippen molar-refractivity contribution in [3.05, 3.63) is 54.1 Å². The molecule has 1 heterocycles. The zero-order valence-electron chi connectivity index (χ0n) is 14.2. The van der Waals surface area contributed by atoms with Crippen molar-refractivity contribution < 1.29 is 9.53 Å². The summed E-state index contributed by atoms with van der Waals surface area (Å²) < 4.78 is 5.47. The summed E-state index contributed by atoms with van der Waals surface area (Å²) in [5.74, 6) is 0.878. The zero-order chi connectivity index (χ0) is 16.9. The topological polar surface area (TPSA) is 44.8 Å². The van der Waals surface area contributed by atoms with E-state index in [1.54, 1.807) is 7.11 Å². The zero-order valence-corrected chi connectivity index (χ0v) is 14.2. The van der Waals surface area contributed by atoms with Crippen LogP contribution >= 0.6 is 0 Å². The number of rotatable bonds is 3. The Morgan fingerprint density at radius 2 is 1.75 bits per heavy atom. The lowest BCUT2D eigenvalue weighted by Gasteiger charge is -2.36. The van der Waals surface area contributed by atoms with Gasteiger partial charge in [-0.3, -0.25) is 0 Å². The molecular formula is C19H23N3O2. The monoisotopic (exact) mass is 325 g/mol. The minimum Gasteiger partial charge on any atom is -0.495 e. The Morgan fingerprint density at radius 1 is 1.04 bits per heavy atom. The number of benzene rings is 2. The lowest BCUT2D eigenvalue weighted by atomic mass is 10.1. The van der Waals surface area contributed by atoms with Crippen molar-refractivity contribution in [1.82, 2.24) is 4.90 Å². The highest BCUT2D eigenvalue weighted by Crippen LogP contribution is 2.30. The largest absolute Gasteiger partial charge is 0.495 e. The molecule has 2 amide bonds. The van der Waals surface area contributed by atoms with Crippen molar-refractivity contribution in [3.63, 3.8) is 0 Å². The Morgan fingerprint density at radius 3 is 2.42 bits per heavy atom. The van der Waals surface area contributed by atoms with Gasteiger partial charge in [0.25, 0.3) is 0 Å². The molecule has 24 heavy (non-hydrogen) atoms. The number of piperazine rings is 1. The number of hydrogen-bond acceptors (Lipinski definition) is 3. The SMILES string of the molecule is COc1ccc(C)cc1N1CCN(C(=O)Nc2ccccc2)CC1. The van der Waals surface area contributed by atoms with E-state index in [9.17, 15) is 4.79 Å². The van der Waals surface area contributed by atoms with Crippen LogP contribution in [0.5, 0.6) is 5.75 Å². The summed E-state index contributed by atoms with van der Waals surface area (Å²) in [6, 6.07) is 15.7. The van der Waals surface area contributed by atoms with Crippen LogP contribution in [0.2, 0.25) is 0 Å². The number of nitrogens with zero attached hydrogens (tertiary/aromatic N) is 2. The molecule has 0 aromatic heterocycles. The highest BCUT2D eigenvalue weighted by atomic mass is 16.5. The fraction of sp³-hybridized carbons (Fsp3) is 0.316. The van der Waals surface area contributed by atoms with Crippen molar-refractivity contribution >= 4 is 17.4 Å². The van der Waals surface area contributed by atoms with Gasteiger partial charge in [-0.1, -0.05) is 24.3 Å². The average Bonchev–Trinajstić information content (AvgIpc) is 2.62.